The van der Waals surface area contributed by atoms with Gasteiger partial charge in [0.25, 0.3) is 5.91 Å². The SMILES string of the molecule is CC1CNCCN1c1ccc(NC(=O)c2ccc(Br)c(OC(F)(F)F)c2F)cn1. The van der Waals surface area contributed by atoms with Gasteiger partial charge in [0.05, 0.1) is 21.9 Å². The van der Waals surface area contributed by atoms with Gasteiger partial charge in [-0.15, -0.1) is 13.2 Å². The summed E-state index contributed by atoms with van der Waals surface area (Å²) >= 11 is 2.78. The quantitative estimate of drug-likeness (QED) is 0.654. The number of anilines is 2. The number of nitrogens with one attached hydrogen (secondary N) is 2. The number of carbonyl (C=O) groups excluding carboxylic acids is 1. The van der Waals surface area contributed by atoms with Crippen molar-refractivity contribution in [1.29, 1.82) is 0 Å². The van der Waals surface area contributed by atoms with Crippen molar-refractivity contribution in [3.05, 3.63) is 46.3 Å². The number of alkyl halides is 3. The molecule has 2 heterocycles. The first kappa shape index (κ1) is 21.3. The highest BCUT2D eigenvalue weighted by atomic mass is 79.9. The van der Waals surface area contributed by atoms with E-state index in [1.807, 2.05) is 0 Å². The van der Waals surface area contributed by atoms with Crippen LogP contribution in [0.1, 0.15) is 17.3 Å². The zero-order valence-electron chi connectivity index (χ0n) is 15.2. The number of pyridine rings is 1. The van der Waals surface area contributed by atoms with Crippen molar-refractivity contribution >= 4 is 33.3 Å². The summed E-state index contributed by atoms with van der Waals surface area (Å²) in [6.07, 6.45) is -3.69. The molecule has 2 N–H and O–H groups in total. The average Bonchev–Trinajstić information content (AvgIpc) is 2.65. The molecule has 6 nitrogen and oxygen atoms in total. The van der Waals surface area contributed by atoms with E-state index in [9.17, 15) is 22.4 Å². The van der Waals surface area contributed by atoms with Crippen LogP contribution < -0.4 is 20.3 Å². The number of aromatic nitrogens is 1. The van der Waals surface area contributed by atoms with Crippen LogP contribution in [0.25, 0.3) is 0 Å². The van der Waals surface area contributed by atoms with Crippen LogP contribution in [0.4, 0.5) is 29.1 Å². The van der Waals surface area contributed by atoms with Crippen LogP contribution in [0.15, 0.2) is 34.9 Å². The van der Waals surface area contributed by atoms with Gasteiger partial charge in [-0.2, -0.15) is 0 Å². The van der Waals surface area contributed by atoms with E-state index in [-0.39, 0.29) is 16.2 Å². The number of hydrogen-bond acceptors (Lipinski definition) is 5. The number of benzene rings is 1. The van der Waals surface area contributed by atoms with Crippen molar-refractivity contribution in [2.24, 2.45) is 0 Å². The Kier molecular flexibility index (Phi) is 6.27. The van der Waals surface area contributed by atoms with E-state index < -0.39 is 29.4 Å². The maximum absolute atomic E-state index is 14.4. The fourth-order valence-electron chi connectivity index (χ4n) is 2.93. The molecule has 0 spiro atoms. The number of ether oxygens (including phenoxy) is 1. The normalized spacial score (nSPS) is 17.2. The summed E-state index contributed by atoms with van der Waals surface area (Å²) < 4.78 is 55.3. The molecular formula is C18H17BrF4N4O2. The molecule has 1 atom stereocenters. The first-order valence-electron chi connectivity index (χ1n) is 8.64. The highest BCUT2D eigenvalue weighted by Gasteiger charge is 2.34. The maximum Gasteiger partial charge on any atom is 0.573 e. The molecule has 1 saturated heterocycles. The van der Waals surface area contributed by atoms with Gasteiger partial charge >= 0.3 is 6.36 Å². The van der Waals surface area contributed by atoms with E-state index in [1.54, 1.807) is 12.1 Å². The average molecular weight is 477 g/mol. The molecule has 0 aliphatic carbocycles. The summed E-state index contributed by atoms with van der Waals surface area (Å²) in [5, 5.41) is 5.70. The lowest BCUT2D eigenvalue weighted by atomic mass is 10.1. The monoisotopic (exact) mass is 476 g/mol. The van der Waals surface area contributed by atoms with E-state index in [4.69, 9.17) is 0 Å². The lowest BCUT2D eigenvalue weighted by Gasteiger charge is -2.34. The molecule has 1 aliphatic heterocycles. The van der Waals surface area contributed by atoms with Crippen molar-refractivity contribution < 1.29 is 27.1 Å². The van der Waals surface area contributed by atoms with E-state index >= 15 is 0 Å². The van der Waals surface area contributed by atoms with Crippen molar-refractivity contribution in [2.45, 2.75) is 19.3 Å². The smallest absolute Gasteiger partial charge is 0.401 e. The van der Waals surface area contributed by atoms with E-state index in [0.717, 1.165) is 37.6 Å². The van der Waals surface area contributed by atoms with E-state index in [0.29, 0.717) is 0 Å². The van der Waals surface area contributed by atoms with Gasteiger partial charge in [-0.1, -0.05) is 0 Å². The second kappa shape index (κ2) is 8.54. The Balaban J connectivity index is 1.76. The lowest BCUT2D eigenvalue weighted by molar-refractivity contribution is -0.275. The molecule has 1 aliphatic rings. The highest BCUT2D eigenvalue weighted by Crippen LogP contribution is 2.34. The van der Waals surface area contributed by atoms with Gasteiger partial charge in [0.15, 0.2) is 11.6 Å². The van der Waals surface area contributed by atoms with Crippen LogP contribution in [0.2, 0.25) is 0 Å². The van der Waals surface area contributed by atoms with Gasteiger partial charge in [0, 0.05) is 25.7 Å². The van der Waals surface area contributed by atoms with Crippen molar-refractivity contribution in [3.63, 3.8) is 0 Å². The first-order valence-corrected chi connectivity index (χ1v) is 9.43. The topological polar surface area (TPSA) is 66.5 Å². The third-order valence-corrected chi connectivity index (χ3v) is 4.94. The molecule has 0 radical (unpaired) electrons. The number of hydrogen-bond donors (Lipinski definition) is 2. The Labute approximate surface area is 172 Å². The van der Waals surface area contributed by atoms with Crippen molar-refractivity contribution in [1.82, 2.24) is 10.3 Å². The molecular weight excluding hydrogens is 460 g/mol. The molecule has 1 aromatic carbocycles. The number of piperazine rings is 1. The fourth-order valence-corrected chi connectivity index (χ4v) is 3.31. The summed E-state index contributed by atoms with van der Waals surface area (Å²) in [5.41, 5.74) is -0.311. The van der Waals surface area contributed by atoms with Gasteiger partial charge in [-0.25, -0.2) is 9.37 Å². The van der Waals surface area contributed by atoms with Crippen LogP contribution in [-0.4, -0.2) is 42.9 Å². The molecule has 1 unspecified atom stereocenters. The molecule has 0 bridgehead atoms. The minimum atomic E-state index is -5.10. The number of halogens is 5. The summed E-state index contributed by atoms with van der Waals surface area (Å²) in [7, 11) is 0. The second-order valence-corrected chi connectivity index (χ2v) is 7.25. The maximum atomic E-state index is 14.4. The van der Waals surface area contributed by atoms with Crippen LogP contribution in [0.3, 0.4) is 0 Å². The third-order valence-electron chi connectivity index (χ3n) is 4.31. The summed E-state index contributed by atoms with van der Waals surface area (Å²) in [5.74, 6) is -2.72. The van der Waals surface area contributed by atoms with Crippen molar-refractivity contribution in [3.8, 4) is 5.75 Å². The number of nitrogens with zero attached hydrogens (tertiary/aromatic N) is 2. The van der Waals surface area contributed by atoms with Gasteiger partial charge in [0.1, 0.15) is 5.82 Å². The predicted molar refractivity (Wildman–Crippen MR) is 103 cm³/mol. The molecule has 3 rings (SSSR count). The molecule has 1 amide bonds. The Hall–Kier alpha value is -2.40. The number of carbonyl (C=O) groups is 1. The van der Waals surface area contributed by atoms with Crippen LogP contribution in [-0.2, 0) is 0 Å². The standard InChI is InChI=1S/C18H17BrF4N4O2/c1-10-8-24-6-7-27(10)14-5-2-11(9-25-14)26-17(28)12-3-4-13(19)16(15(12)20)29-18(21,22)23/h2-5,9-10,24H,6-8H2,1H3,(H,26,28). The Morgan fingerprint density at radius 3 is 2.72 bits per heavy atom. The minimum Gasteiger partial charge on any atom is -0.401 e. The highest BCUT2D eigenvalue weighted by molar-refractivity contribution is 9.10. The zero-order valence-corrected chi connectivity index (χ0v) is 16.8. The molecule has 0 saturated carbocycles. The molecule has 1 fully saturated rings. The number of rotatable bonds is 4. The molecule has 1 aromatic heterocycles. The van der Waals surface area contributed by atoms with E-state index in [2.05, 4.69) is 48.1 Å². The van der Waals surface area contributed by atoms with Crippen LogP contribution >= 0.6 is 15.9 Å². The summed E-state index contributed by atoms with van der Waals surface area (Å²) in [4.78, 5) is 18.8. The predicted octanol–water partition coefficient (Wildman–Crippen LogP) is 3.93. The minimum absolute atomic E-state index is 0.251. The van der Waals surface area contributed by atoms with Crippen molar-refractivity contribution in [2.75, 3.05) is 29.9 Å². The van der Waals surface area contributed by atoms with Crippen LogP contribution in [0, 0.1) is 5.82 Å². The second-order valence-electron chi connectivity index (χ2n) is 6.39. The third kappa shape index (κ3) is 5.15. The van der Waals surface area contributed by atoms with Gasteiger partial charge in [0.2, 0.25) is 0 Å². The number of amides is 1. The Bertz CT molecular complexity index is 893. The molecule has 2 aromatic rings. The summed E-state index contributed by atoms with van der Waals surface area (Å²) in [6.45, 7) is 4.49. The molecule has 29 heavy (non-hydrogen) atoms. The van der Waals surface area contributed by atoms with E-state index in [1.165, 1.54) is 6.20 Å². The van der Waals surface area contributed by atoms with Gasteiger partial charge in [-0.05, 0) is 47.1 Å². The van der Waals surface area contributed by atoms with Gasteiger partial charge in [-0.3, -0.25) is 4.79 Å². The van der Waals surface area contributed by atoms with Gasteiger partial charge < -0.3 is 20.3 Å². The lowest BCUT2D eigenvalue weighted by Crippen LogP contribution is -2.50. The summed E-state index contributed by atoms with van der Waals surface area (Å²) in [6, 6.07) is 5.72. The Morgan fingerprint density at radius 1 is 1.34 bits per heavy atom. The van der Waals surface area contributed by atoms with Crippen LogP contribution in [0.5, 0.6) is 5.75 Å². The fraction of sp³-hybridized carbons (Fsp3) is 0.333. The molecule has 156 valence electrons. The largest absolute Gasteiger partial charge is 0.573 e. The Morgan fingerprint density at radius 2 is 2.10 bits per heavy atom. The zero-order chi connectivity index (χ0) is 21.2. The molecule has 11 heteroatoms. The first-order chi connectivity index (χ1) is 13.7.